The molecule has 0 fully saturated rings. The topological polar surface area (TPSA) is 93.5 Å². The highest BCUT2D eigenvalue weighted by Gasteiger charge is 2.33. The van der Waals surface area contributed by atoms with Crippen molar-refractivity contribution in [3.8, 4) is 0 Å². The Labute approximate surface area is 147 Å². The molecule has 1 N–H and O–H groups in total. The van der Waals surface area contributed by atoms with Crippen LogP contribution in [-0.2, 0) is 9.53 Å². The van der Waals surface area contributed by atoms with Crippen LogP contribution in [0.5, 0.6) is 0 Å². The van der Waals surface area contributed by atoms with E-state index in [0.717, 1.165) is 24.0 Å². The lowest BCUT2D eigenvalue weighted by Crippen LogP contribution is -2.42. The number of carbonyl (C=O) groups excluding carboxylic acids is 2. The largest absolute Gasteiger partial charge is 0.444 e. The molecule has 1 atom stereocenters. The predicted molar refractivity (Wildman–Crippen MR) is 86.8 cm³/mol. The average Bonchev–Trinajstić information content (AvgIpc) is 2.41. The summed E-state index contributed by atoms with van der Waals surface area (Å²) in [5, 5.41) is 6.04. The Hall–Kier alpha value is -2.59. The lowest BCUT2D eigenvalue weighted by atomic mass is 10.2. The van der Waals surface area contributed by atoms with E-state index in [0.29, 0.717) is 4.90 Å². The monoisotopic (exact) mass is 378 g/mol. The molecule has 0 aliphatic heterocycles. The fourth-order valence-electron chi connectivity index (χ4n) is 1.97. The number of hydrogen-bond donors (Lipinski definition) is 1. The van der Waals surface area contributed by atoms with Crippen molar-refractivity contribution in [1.82, 2.24) is 14.7 Å². The van der Waals surface area contributed by atoms with Gasteiger partial charge in [-0.15, -0.1) is 0 Å². The number of nitrogens with one attached hydrogen (secondary N) is 1. The number of amides is 2. The van der Waals surface area contributed by atoms with E-state index in [1.807, 2.05) is 0 Å². The van der Waals surface area contributed by atoms with E-state index in [9.17, 15) is 27.6 Å². The van der Waals surface area contributed by atoms with Crippen molar-refractivity contribution >= 4 is 17.7 Å². The Bertz CT molecular complexity index is 725. The summed E-state index contributed by atoms with van der Waals surface area (Å²) < 4.78 is 42.9. The molecule has 0 bridgehead atoms. The fourth-order valence-corrected chi connectivity index (χ4v) is 1.97. The summed E-state index contributed by atoms with van der Waals surface area (Å²) in [6, 6.07) is -0.254. The van der Waals surface area contributed by atoms with Crippen LogP contribution in [0.2, 0.25) is 0 Å². The van der Waals surface area contributed by atoms with Crippen LogP contribution in [0.1, 0.15) is 33.7 Å². The second kappa shape index (κ2) is 7.75. The first-order valence-corrected chi connectivity index (χ1v) is 7.60. The van der Waals surface area contributed by atoms with Crippen LogP contribution in [0.25, 0.3) is 0 Å². The van der Waals surface area contributed by atoms with Crippen LogP contribution >= 0.6 is 0 Å². The maximum absolute atomic E-state index is 12.4. The summed E-state index contributed by atoms with van der Waals surface area (Å²) in [6.45, 7) is 4.79. The molecule has 11 heteroatoms. The predicted octanol–water partition coefficient (Wildman–Crippen LogP) is 2.17. The smallest absolute Gasteiger partial charge is 0.412 e. The van der Waals surface area contributed by atoms with Gasteiger partial charge >= 0.3 is 12.3 Å². The van der Waals surface area contributed by atoms with Gasteiger partial charge in [0.15, 0.2) is 0 Å². The van der Waals surface area contributed by atoms with Gasteiger partial charge in [-0.1, -0.05) is 0 Å². The van der Waals surface area contributed by atoms with Crippen molar-refractivity contribution < 1.29 is 27.5 Å². The molecule has 0 unspecified atom stereocenters. The second-order valence-corrected chi connectivity index (χ2v) is 6.64. The summed E-state index contributed by atoms with van der Waals surface area (Å²) in [4.78, 5) is 36.2. The van der Waals surface area contributed by atoms with Gasteiger partial charge in [0.25, 0.3) is 5.56 Å². The van der Waals surface area contributed by atoms with Gasteiger partial charge in [-0.3, -0.25) is 14.9 Å². The number of anilines is 1. The van der Waals surface area contributed by atoms with Crippen molar-refractivity contribution in [1.29, 1.82) is 0 Å². The molecule has 0 aliphatic carbocycles. The highest BCUT2D eigenvalue weighted by Crippen LogP contribution is 2.17. The molecule has 0 aliphatic rings. The minimum absolute atomic E-state index is 0.0313. The van der Waals surface area contributed by atoms with Gasteiger partial charge < -0.3 is 9.64 Å². The van der Waals surface area contributed by atoms with Crippen LogP contribution in [0, 0.1) is 0 Å². The van der Waals surface area contributed by atoms with Crippen LogP contribution in [0.3, 0.4) is 0 Å². The normalized spacial score (nSPS) is 13.1. The van der Waals surface area contributed by atoms with E-state index >= 15 is 0 Å². The molecule has 8 nitrogen and oxygen atoms in total. The van der Waals surface area contributed by atoms with Crippen LogP contribution in [-0.4, -0.2) is 52.1 Å². The molecule has 1 heterocycles. The Kier molecular flexibility index (Phi) is 6.39. The summed E-state index contributed by atoms with van der Waals surface area (Å²) >= 11 is 0. The highest BCUT2D eigenvalue weighted by atomic mass is 19.4. The first kappa shape index (κ1) is 21.5. The molecule has 1 aromatic rings. The molecule has 0 spiro atoms. The van der Waals surface area contributed by atoms with Crippen molar-refractivity contribution in [3.63, 3.8) is 0 Å². The number of aromatic nitrogens is 2. The molecule has 2 amide bonds. The lowest BCUT2D eigenvalue weighted by molar-refractivity contribution is -0.160. The summed E-state index contributed by atoms with van der Waals surface area (Å²) in [7, 11) is 0.982. The molecular formula is C15H21F3N4O4. The van der Waals surface area contributed by atoms with Crippen molar-refractivity contribution in [2.75, 3.05) is 18.9 Å². The average molecular weight is 378 g/mol. The molecule has 0 saturated heterocycles. The van der Waals surface area contributed by atoms with Crippen LogP contribution < -0.4 is 10.9 Å². The molecule has 1 aromatic heterocycles. The lowest BCUT2D eigenvalue weighted by Gasteiger charge is -2.23. The van der Waals surface area contributed by atoms with Crippen molar-refractivity contribution in [2.45, 2.75) is 45.5 Å². The van der Waals surface area contributed by atoms with E-state index < -0.39 is 41.9 Å². The van der Waals surface area contributed by atoms with Crippen LogP contribution in [0.4, 0.5) is 23.7 Å². The van der Waals surface area contributed by atoms with Crippen LogP contribution in [0.15, 0.2) is 17.1 Å². The molecular weight excluding hydrogens is 357 g/mol. The molecule has 146 valence electrons. The van der Waals surface area contributed by atoms with Crippen molar-refractivity contribution in [3.05, 3.63) is 22.6 Å². The van der Waals surface area contributed by atoms with Gasteiger partial charge in [-0.2, -0.15) is 18.3 Å². The highest BCUT2D eigenvalue weighted by molar-refractivity contribution is 5.84. The third-order valence-corrected chi connectivity index (χ3v) is 2.99. The maximum atomic E-state index is 12.4. The fraction of sp³-hybridized carbons (Fsp3) is 0.600. The minimum Gasteiger partial charge on any atom is -0.444 e. The Morgan fingerprint density at radius 3 is 2.38 bits per heavy atom. The zero-order chi connectivity index (χ0) is 20.3. The molecule has 26 heavy (non-hydrogen) atoms. The number of nitrogens with zero attached hydrogens (tertiary/aromatic N) is 3. The Morgan fingerprint density at radius 1 is 1.35 bits per heavy atom. The SMILES string of the molecule is C[C@H](C(=O)N(C)CC(F)(F)F)n1ncc(NC(=O)OC(C)(C)C)cc1=O. The molecule has 1 rings (SSSR count). The zero-order valence-electron chi connectivity index (χ0n) is 15.0. The number of likely N-dealkylation sites (N-methyl/N-ethyl adjacent to an activating group) is 1. The van der Waals surface area contributed by atoms with Gasteiger partial charge in [0.1, 0.15) is 18.2 Å². The Balaban J connectivity index is 2.88. The van der Waals surface area contributed by atoms with Gasteiger partial charge in [-0.25, -0.2) is 9.48 Å². The zero-order valence-corrected chi connectivity index (χ0v) is 15.0. The number of carbonyl (C=O) groups is 2. The van der Waals surface area contributed by atoms with E-state index in [4.69, 9.17) is 4.74 Å². The number of halogens is 3. The summed E-state index contributed by atoms with van der Waals surface area (Å²) in [5.41, 5.74) is -1.47. The Morgan fingerprint density at radius 2 is 1.92 bits per heavy atom. The van der Waals surface area contributed by atoms with Gasteiger partial charge in [0.05, 0.1) is 11.9 Å². The minimum atomic E-state index is -4.55. The molecule has 0 radical (unpaired) electrons. The van der Waals surface area contributed by atoms with Crippen molar-refractivity contribution in [2.24, 2.45) is 0 Å². The molecule has 0 saturated carbocycles. The van der Waals surface area contributed by atoms with Gasteiger partial charge in [-0.05, 0) is 27.7 Å². The quantitative estimate of drug-likeness (QED) is 0.867. The second-order valence-electron chi connectivity index (χ2n) is 6.64. The first-order valence-electron chi connectivity index (χ1n) is 7.60. The standard InChI is InChI=1S/C15H21F3N4O4/c1-9(12(24)21(5)8-15(16,17)18)22-11(23)6-10(7-19-22)20-13(25)26-14(2,3)4/h6-7,9H,8H2,1-5H3,(H,20,25)/t9-/m1/s1. The molecule has 0 aromatic carbocycles. The van der Waals surface area contributed by atoms with Gasteiger partial charge in [0.2, 0.25) is 5.91 Å². The van der Waals surface area contributed by atoms with Gasteiger partial charge in [0, 0.05) is 13.1 Å². The number of hydrogen-bond acceptors (Lipinski definition) is 5. The first-order chi connectivity index (χ1) is 11.7. The number of alkyl halides is 3. The third kappa shape index (κ3) is 6.73. The van der Waals surface area contributed by atoms with E-state index in [-0.39, 0.29) is 5.69 Å². The van der Waals surface area contributed by atoms with E-state index in [2.05, 4.69) is 10.4 Å². The third-order valence-electron chi connectivity index (χ3n) is 2.99. The maximum Gasteiger partial charge on any atom is 0.412 e. The van der Waals surface area contributed by atoms with E-state index in [1.54, 1.807) is 20.8 Å². The summed E-state index contributed by atoms with van der Waals surface area (Å²) in [6.07, 6.45) is -4.26. The number of rotatable bonds is 4. The summed E-state index contributed by atoms with van der Waals surface area (Å²) in [5.74, 6) is -0.926. The van der Waals surface area contributed by atoms with E-state index in [1.165, 1.54) is 6.92 Å². The number of ether oxygens (including phenoxy) is 1.